The van der Waals surface area contributed by atoms with Crippen molar-refractivity contribution in [2.75, 3.05) is 40.3 Å². The first-order valence-electron chi connectivity index (χ1n) is 7.50. The second-order valence-corrected chi connectivity index (χ2v) is 6.21. The predicted octanol–water partition coefficient (Wildman–Crippen LogP) is 2.28. The zero-order chi connectivity index (χ0) is 14.1. The number of rotatable bonds is 10. The van der Waals surface area contributed by atoms with Crippen molar-refractivity contribution in [1.29, 1.82) is 0 Å². The summed E-state index contributed by atoms with van der Waals surface area (Å²) in [4.78, 5) is 4.93. The summed E-state index contributed by atoms with van der Waals surface area (Å²) in [6.07, 6.45) is 1.23. The van der Waals surface area contributed by atoms with E-state index in [-0.39, 0.29) is 0 Å². The molecule has 0 spiro atoms. The first-order chi connectivity index (χ1) is 8.38. The van der Waals surface area contributed by atoms with Gasteiger partial charge in [0.2, 0.25) is 0 Å². The summed E-state index contributed by atoms with van der Waals surface area (Å²) < 4.78 is 0. The van der Waals surface area contributed by atoms with Gasteiger partial charge in [0.1, 0.15) is 0 Å². The molecule has 1 unspecified atom stereocenters. The number of hydrogen-bond acceptors (Lipinski definition) is 3. The number of likely N-dealkylation sites (N-methyl/N-ethyl adjacent to an activating group) is 1. The maximum Gasteiger partial charge on any atom is 0.0244 e. The topological polar surface area (TPSA) is 18.5 Å². The SMILES string of the molecule is CCCN(CCN(C)C)C(CNC(C)C)C(C)C. The Kier molecular flexibility index (Phi) is 9.70. The molecule has 0 fully saturated rings. The molecule has 0 saturated heterocycles. The van der Waals surface area contributed by atoms with Crippen LogP contribution in [0.3, 0.4) is 0 Å². The van der Waals surface area contributed by atoms with Crippen molar-refractivity contribution in [2.24, 2.45) is 5.92 Å². The Morgan fingerprint density at radius 1 is 0.944 bits per heavy atom. The van der Waals surface area contributed by atoms with Gasteiger partial charge in [-0.15, -0.1) is 0 Å². The van der Waals surface area contributed by atoms with Crippen LogP contribution in [0.15, 0.2) is 0 Å². The second-order valence-electron chi connectivity index (χ2n) is 6.21. The molecule has 3 nitrogen and oxygen atoms in total. The third-order valence-electron chi connectivity index (χ3n) is 3.32. The van der Waals surface area contributed by atoms with Crippen LogP contribution in [0.1, 0.15) is 41.0 Å². The van der Waals surface area contributed by atoms with E-state index in [4.69, 9.17) is 0 Å². The molecular weight excluding hydrogens is 222 g/mol. The zero-order valence-corrected chi connectivity index (χ0v) is 13.7. The van der Waals surface area contributed by atoms with E-state index in [1.54, 1.807) is 0 Å². The molecule has 0 amide bonds. The number of nitrogens with zero attached hydrogens (tertiary/aromatic N) is 2. The van der Waals surface area contributed by atoms with Crippen molar-refractivity contribution in [3.05, 3.63) is 0 Å². The lowest BCUT2D eigenvalue weighted by atomic mass is 10.0. The van der Waals surface area contributed by atoms with Crippen molar-refractivity contribution in [3.63, 3.8) is 0 Å². The Balaban J connectivity index is 4.44. The highest BCUT2D eigenvalue weighted by atomic mass is 15.2. The molecular formula is C15H35N3. The highest BCUT2D eigenvalue weighted by Gasteiger charge is 2.21. The molecule has 0 rings (SSSR count). The molecule has 3 heteroatoms. The molecule has 0 aromatic carbocycles. The summed E-state index contributed by atoms with van der Waals surface area (Å²) in [5.74, 6) is 0.699. The van der Waals surface area contributed by atoms with Gasteiger partial charge in [-0.25, -0.2) is 0 Å². The van der Waals surface area contributed by atoms with E-state index < -0.39 is 0 Å². The fraction of sp³-hybridized carbons (Fsp3) is 1.00. The minimum absolute atomic E-state index is 0.573. The summed E-state index contributed by atoms with van der Waals surface area (Å²) in [6.45, 7) is 16.0. The molecule has 0 saturated carbocycles. The predicted molar refractivity (Wildman–Crippen MR) is 82.2 cm³/mol. The van der Waals surface area contributed by atoms with E-state index >= 15 is 0 Å². The minimum Gasteiger partial charge on any atom is -0.313 e. The zero-order valence-electron chi connectivity index (χ0n) is 13.7. The quantitative estimate of drug-likeness (QED) is 0.648. The molecule has 0 aliphatic rings. The van der Waals surface area contributed by atoms with Gasteiger partial charge < -0.3 is 10.2 Å². The van der Waals surface area contributed by atoms with Crippen LogP contribution in [0.4, 0.5) is 0 Å². The molecule has 0 heterocycles. The maximum absolute atomic E-state index is 3.60. The second kappa shape index (κ2) is 9.76. The molecule has 18 heavy (non-hydrogen) atoms. The van der Waals surface area contributed by atoms with Gasteiger partial charge in [0.05, 0.1) is 0 Å². The van der Waals surface area contributed by atoms with Crippen molar-refractivity contribution in [1.82, 2.24) is 15.1 Å². The molecule has 0 bridgehead atoms. The highest BCUT2D eigenvalue weighted by Crippen LogP contribution is 2.11. The van der Waals surface area contributed by atoms with Crippen LogP contribution in [-0.4, -0.2) is 62.2 Å². The summed E-state index contributed by atoms with van der Waals surface area (Å²) in [6, 6.07) is 1.22. The van der Waals surface area contributed by atoms with Gasteiger partial charge in [-0.05, 0) is 33.0 Å². The average molecular weight is 257 g/mol. The Morgan fingerprint density at radius 2 is 1.56 bits per heavy atom. The van der Waals surface area contributed by atoms with Crippen LogP contribution in [-0.2, 0) is 0 Å². The molecule has 0 aliphatic heterocycles. The molecule has 0 aromatic rings. The van der Waals surface area contributed by atoms with Crippen LogP contribution < -0.4 is 5.32 Å². The smallest absolute Gasteiger partial charge is 0.0244 e. The third-order valence-corrected chi connectivity index (χ3v) is 3.32. The molecule has 0 radical (unpaired) electrons. The van der Waals surface area contributed by atoms with Gasteiger partial charge in [0.25, 0.3) is 0 Å². The Labute approximate surface area is 115 Å². The van der Waals surface area contributed by atoms with Crippen LogP contribution in [0, 0.1) is 5.92 Å². The standard InChI is InChI=1S/C15H35N3/c1-8-9-18(11-10-17(6)7)15(13(2)3)12-16-14(4)5/h13-16H,8-12H2,1-7H3. The van der Waals surface area contributed by atoms with Gasteiger partial charge in [0.15, 0.2) is 0 Å². The Morgan fingerprint density at radius 3 is 1.94 bits per heavy atom. The first-order valence-corrected chi connectivity index (χ1v) is 7.50. The van der Waals surface area contributed by atoms with Crippen molar-refractivity contribution < 1.29 is 0 Å². The molecule has 1 N–H and O–H groups in total. The van der Waals surface area contributed by atoms with E-state index in [0.29, 0.717) is 18.0 Å². The third kappa shape index (κ3) is 8.06. The first kappa shape index (κ1) is 17.9. The van der Waals surface area contributed by atoms with Crippen LogP contribution in [0.2, 0.25) is 0 Å². The lowest BCUT2D eigenvalue weighted by molar-refractivity contribution is 0.137. The normalized spacial score (nSPS) is 14.2. The van der Waals surface area contributed by atoms with Crippen molar-refractivity contribution >= 4 is 0 Å². The summed E-state index contributed by atoms with van der Waals surface area (Å²) in [7, 11) is 4.31. The van der Waals surface area contributed by atoms with Gasteiger partial charge in [0, 0.05) is 31.7 Å². The van der Waals surface area contributed by atoms with Gasteiger partial charge >= 0.3 is 0 Å². The molecule has 1 atom stereocenters. The summed E-state index contributed by atoms with van der Waals surface area (Å²) >= 11 is 0. The highest BCUT2D eigenvalue weighted by molar-refractivity contribution is 4.78. The van der Waals surface area contributed by atoms with E-state index in [9.17, 15) is 0 Å². The summed E-state index contributed by atoms with van der Waals surface area (Å²) in [5.41, 5.74) is 0. The average Bonchev–Trinajstić information content (AvgIpc) is 2.24. The molecule has 110 valence electrons. The minimum atomic E-state index is 0.573. The number of hydrogen-bond donors (Lipinski definition) is 1. The van der Waals surface area contributed by atoms with E-state index in [1.165, 1.54) is 19.5 Å². The fourth-order valence-corrected chi connectivity index (χ4v) is 2.20. The molecule has 0 aliphatic carbocycles. The Bertz CT molecular complexity index is 190. The van der Waals surface area contributed by atoms with Crippen molar-refractivity contribution in [3.8, 4) is 0 Å². The maximum atomic E-state index is 3.60. The van der Waals surface area contributed by atoms with E-state index in [2.05, 4.69) is 63.8 Å². The fourth-order valence-electron chi connectivity index (χ4n) is 2.20. The van der Waals surface area contributed by atoms with Crippen LogP contribution in [0.5, 0.6) is 0 Å². The lowest BCUT2D eigenvalue weighted by Crippen LogP contribution is -2.49. The molecule has 0 aromatic heterocycles. The van der Waals surface area contributed by atoms with Gasteiger partial charge in [-0.2, -0.15) is 0 Å². The van der Waals surface area contributed by atoms with Crippen molar-refractivity contribution in [2.45, 2.75) is 53.1 Å². The monoisotopic (exact) mass is 257 g/mol. The van der Waals surface area contributed by atoms with Gasteiger partial charge in [-0.3, -0.25) is 4.90 Å². The lowest BCUT2D eigenvalue weighted by Gasteiger charge is -2.35. The van der Waals surface area contributed by atoms with Crippen LogP contribution >= 0.6 is 0 Å². The number of nitrogens with one attached hydrogen (secondary N) is 1. The summed E-state index contributed by atoms with van der Waals surface area (Å²) in [5, 5.41) is 3.60. The van der Waals surface area contributed by atoms with E-state index in [0.717, 1.165) is 13.1 Å². The largest absolute Gasteiger partial charge is 0.313 e. The van der Waals surface area contributed by atoms with Gasteiger partial charge in [-0.1, -0.05) is 34.6 Å². The van der Waals surface area contributed by atoms with Crippen LogP contribution in [0.25, 0.3) is 0 Å². The Hall–Kier alpha value is -0.120. The van der Waals surface area contributed by atoms with E-state index in [1.807, 2.05) is 0 Å².